The SMILES string of the molecule is CCCCCCCCCCCCCCCCCCOP(=O)([O-])OCC(C)C.[Na+]. The molecule has 0 aromatic rings. The molecular weight excluding hydrogens is 382 g/mol. The Kier molecular flexibility index (Phi) is 25.5. The zero-order valence-electron chi connectivity index (χ0n) is 19.4. The van der Waals surface area contributed by atoms with Crippen molar-refractivity contribution in [3.8, 4) is 0 Å². The van der Waals surface area contributed by atoms with E-state index in [-0.39, 0.29) is 48.7 Å². The van der Waals surface area contributed by atoms with Gasteiger partial charge in [0.2, 0.25) is 0 Å². The monoisotopic (exact) mass is 428 g/mol. The summed E-state index contributed by atoms with van der Waals surface area (Å²) in [6, 6.07) is 0. The van der Waals surface area contributed by atoms with Crippen molar-refractivity contribution >= 4 is 7.82 Å². The first-order chi connectivity index (χ1) is 13.0. The molecule has 1 atom stereocenters. The smallest absolute Gasteiger partial charge is 0.756 e. The van der Waals surface area contributed by atoms with Crippen LogP contribution in [0.25, 0.3) is 0 Å². The molecular formula is C22H46NaO4P. The number of hydrogen-bond acceptors (Lipinski definition) is 4. The Bertz CT molecular complexity index is 353. The average molecular weight is 429 g/mol. The van der Waals surface area contributed by atoms with Crippen LogP contribution in [0.15, 0.2) is 0 Å². The quantitative estimate of drug-likeness (QED) is 0.154. The van der Waals surface area contributed by atoms with Crippen LogP contribution in [0.2, 0.25) is 0 Å². The van der Waals surface area contributed by atoms with Crippen LogP contribution in [0, 0.1) is 5.92 Å². The molecule has 0 N–H and O–H groups in total. The first-order valence-electron chi connectivity index (χ1n) is 11.6. The van der Waals surface area contributed by atoms with Crippen molar-refractivity contribution in [2.75, 3.05) is 13.2 Å². The molecule has 0 radical (unpaired) electrons. The maximum Gasteiger partial charge on any atom is 1.00 e. The van der Waals surface area contributed by atoms with Crippen molar-refractivity contribution in [1.82, 2.24) is 0 Å². The van der Waals surface area contributed by atoms with E-state index in [9.17, 15) is 9.46 Å². The molecule has 6 heteroatoms. The molecule has 0 bridgehead atoms. The van der Waals surface area contributed by atoms with Crippen LogP contribution in [-0.4, -0.2) is 13.2 Å². The van der Waals surface area contributed by atoms with Gasteiger partial charge in [0.05, 0.1) is 13.2 Å². The van der Waals surface area contributed by atoms with Gasteiger partial charge in [0.25, 0.3) is 7.82 Å². The van der Waals surface area contributed by atoms with Crippen molar-refractivity contribution in [2.24, 2.45) is 5.92 Å². The van der Waals surface area contributed by atoms with Crippen molar-refractivity contribution in [3.63, 3.8) is 0 Å². The molecule has 0 spiro atoms. The second-order valence-corrected chi connectivity index (χ2v) is 9.68. The fourth-order valence-electron chi connectivity index (χ4n) is 3.10. The molecule has 0 aromatic heterocycles. The van der Waals surface area contributed by atoms with Gasteiger partial charge in [-0.1, -0.05) is 117 Å². The number of phosphoric acid groups is 1. The number of phosphoric ester groups is 1. The maximum absolute atomic E-state index is 11.5. The number of rotatable bonds is 21. The Morgan fingerprint density at radius 2 is 1.04 bits per heavy atom. The molecule has 0 rings (SSSR count). The van der Waals surface area contributed by atoms with Crippen molar-refractivity contribution in [1.29, 1.82) is 0 Å². The molecule has 0 aromatic carbocycles. The van der Waals surface area contributed by atoms with E-state index in [0.29, 0.717) is 0 Å². The summed E-state index contributed by atoms with van der Waals surface area (Å²) < 4.78 is 21.2. The first-order valence-corrected chi connectivity index (χ1v) is 13.0. The topological polar surface area (TPSA) is 58.6 Å². The minimum absolute atomic E-state index is 0. The van der Waals surface area contributed by atoms with Crippen LogP contribution in [0.4, 0.5) is 0 Å². The minimum Gasteiger partial charge on any atom is -0.756 e. The van der Waals surface area contributed by atoms with E-state index in [1.54, 1.807) is 0 Å². The first kappa shape index (κ1) is 31.3. The van der Waals surface area contributed by atoms with Gasteiger partial charge in [-0.05, 0) is 12.3 Å². The van der Waals surface area contributed by atoms with Gasteiger partial charge >= 0.3 is 29.6 Å². The maximum atomic E-state index is 11.5. The van der Waals surface area contributed by atoms with Crippen molar-refractivity contribution in [3.05, 3.63) is 0 Å². The standard InChI is InChI=1S/C22H47O4P.Na/c1-4-5-6-7-8-9-10-11-12-13-14-15-16-17-18-19-20-25-27(23,24)26-21-22(2)3;/h22H,4-21H2,1-3H3,(H,23,24);/q;+1/p-1. The molecule has 0 aliphatic heterocycles. The third-order valence-electron chi connectivity index (χ3n) is 4.81. The fraction of sp³-hybridized carbons (Fsp3) is 1.00. The predicted molar refractivity (Wildman–Crippen MR) is 114 cm³/mol. The van der Waals surface area contributed by atoms with E-state index in [1.807, 2.05) is 13.8 Å². The van der Waals surface area contributed by atoms with E-state index in [1.165, 1.54) is 83.5 Å². The molecule has 4 nitrogen and oxygen atoms in total. The van der Waals surface area contributed by atoms with Gasteiger partial charge in [-0.15, -0.1) is 0 Å². The molecule has 0 aliphatic rings. The summed E-state index contributed by atoms with van der Waals surface area (Å²) in [7, 11) is -4.09. The largest absolute Gasteiger partial charge is 1.00 e. The van der Waals surface area contributed by atoms with E-state index in [0.717, 1.165) is 19.3 Å². The van der Waals surface area contributed by atoms with E-state index in [4.69, 9.17) is 9.05 Å². The molecule has 0 saturated heterocycles. The summed E-state index contributed by atoms with van der Waals surface area (Å²) in [5, 5.41) is 0. The molecule has 0 aliphatic carbocycles. The summed E-state index contributed by atoms with van der Waals surface area (Å²) in [5.74, 6) is 0.187. The Hall–Kier alpha value is 1.11. The van der Waals surface area contributed by atoms with Crippen molar-refractivity contribution < 1.29 is 48.1 Å². The molecule has 0 amide bonds. The second-order valence-electron chi connectivity index (χ2n) is 8.27. The Balaban J connectivity index is 0. The van der Waals surface area contributed by atoms with Gasteiger partial charge < -0.3 is 13.9 Å². The van der Waals surface area contributed by atoms with E-state index >= 15 is 0 Å². The number of hydrogen-bond donors (Lipinski definition) is 0. The van der Waals surface area contributed by atoms with Crippen molar-refractivity contribution in [2.45, 2.75) is 124 Å². The van der Waals surface area contributed by atoms with Crippen LogP contribution >= 0.6 is 7.82 Å². The van der Waals surface area contributed by atoms with Crippen LogP contribution < -0.4 is 34.5 Å². The Morgan fingerprint density at radius 1 is 0.679 bits per heavy atom. The van der Waals surface area contributed by atoms with Gasteiger partial charge in [0, 0.05) is 0 Å². The molecule has 0 heterocycles. The van der Waals surface area contributed by atoms with Crippen LogP contribution in [0.5, 0.6) is 0 Å². The van der Waals surface area contributed by atoms with E-state index < -0.39 is 7.82 Å². The molecule has 1 unspecified atom stereocenters. The number of unbranched alkanes of at least 4 members (excludes halogenated alkanes) is 15. The van der Waals surface area contributed by atoms with Gasteiger partial charge in [0.15, 0.2) is 0 Å². The van der Waals surface area contributed by atoms with Crippen LogP contribution in [0.1, 0.15) is 124 Å². The summed E-state index contributed by atoms with van der Waals surface area (Å²) >= 11 is 0. The zero-order valence-corrected chi connectivity index (χ0v) is 22.3. The molecule has 0 fully saturated rings. The summed E-state index contributed by atoms with van der Waals surface area (Å²) in [5.41, 5.74) is 0. The Morgan fingerprint density at radius 3 is 1.39 bits per heavy atom. The molecule has 28 heavy (non-hydrogen) atoms. The normalized spacial score (nSPS) is 13.5. The fourth-order valence-corrected chi connectivity index (χ4v) is 4.01. The minimum atomic E-state index is -4.09. The van der Waals surface area contributed by atoms with Crippen LogP contribution in [-0.2, 0) is 13.6 Å². The second kappa shape index (κ2) is 22.8. The summed E-state index contributed by atoms with van der Waals surface area (Å²) in [6.45, 7) is 6.54. The molecule has 0 saturated carbocycles. The van der Waals surface area contributed by atoms with E-state index in [2.05, 4.69) is 6.92 Å². The summed E-state index contributed by atoms with van der Waals surface area (Å²) in [6.07, 6.45) is 20.9. The third-order valence-corrected chi connectivity index (χ3v) is 5.78. The predicted octanol–water partition coefficient (Wildman–Crippen LogP) is 4.41. The summed E-state index contributed by atoms with van der Waals surface area (Å²) in [4.78, 5) is 11.5. The Labute approximate surface area is 197 Å². The van der Waals surface area contributed by atoms with Gasteiger partial charge in [0.1, 0.15) is 0 Å². The van der Waals surface area contributed by atoms with Gasteiger partial charge in [-0.3, -0.25) is 4.57 Å². The average Bonchev–Trinajstić information content (AvgIpc) is 2.62. The van der Waals surface area contributed by atoms with Crippen LogP contribution in [0.3, 0.4) is 0 Å². The van der Waals surface area contributed by atoms with Gasteiger partial charge in [-0.2, -0.15) is 0 Å². The molecule has 164 valence electrons. The van der Waals surface area contributed by atoms with Gasteiger partial charge in [-0.25, -0.2) is 0 Å². The third kappa shape index (κ3) is 25.1. The zero-order chi connectivity index (χ0) is 20.2.